The van der Waals surface area contributed by atoms with Gasteiger partial charge < -0.3 is 10.1 Å². The lowest BCUT2D eigenvalue weighted by Gasteiger charge is -2.14. The highest BCUT2D eigenvalue weighted by molar-refractivity contribution is 7.99. The highest BCUT2D eigenvalue weighted by Crippen LogP contribution is 2.30. The molecule has 1 aromatic heterocycles. The van der Waals surface area contributed by atoms with Gasteiger partial charge in [0, 0.05) is 6.54 Å². The smallest absolute Gasteiger partial charge is 0.230 e. The quantitative estimate of drug-likeness (QED) is 0.426. The Hall–Kier alpha value is -3.06. The molecule has 0 bridgehead atoms. The number of rotatable bonds is 9. The van der Waals surface area contributed by atoms with E-state index in [4.69, 9.17) is 4.74 Å². The van der Waals surface area contributed by atoms with Crippen LogP contribution in [-0.4, -0.2) is 33.5 Å². The molecule has 7 heteroatoms. The van der Waals surface area contributed by atoms with Gasteiger partial charge in [0.1, 0.15) is 5.75 Å². The average Bonchev–Trinajstić information content (AvgIpc) is 3.15. The van der Waals surface area contributed by atoms with Crippen LogP contribution in [0, 0.1) is 0 Å². The number of carbonyl (C=O) groups is 1. The molecule has 6 nitrogen and oxygen atoms in total. The van der Waals surface area contributed by atoms with E-state index in [-0.39, 0.29) is 17.7 Å². The maximum absolute atomic E-state index is 12.4. The van der Waals surface area contributed by atoms with Crippen LogP contribution in [-0.2, 0) is 11.3 Å². The lowest BCUT2D eigenvalue weighted by Crippen LogP contribution is -2.28. The first kappa shape index (κ1) is 20.7. The lowest BCUT2D eigenvalue weighted by atomic mass is 10.1. The summed E-state index contributed by atoms with van der Waals surface area (Å²) in [7, 11) is 1.63. The first-order valence-corrected chi connectivity index (χ1v) is 10.3. The second-order valence-corrected chi connectivity index (χ2v) is 7.34. The number of ether oxygens (including phenoxy) is 1. The van der Waals surface area contributed by atoms with E-state index in [0.29, 0.717) is 17.5 Å². The van der Waals surface area contributed by atoms with Gasteiger partial charge in [0.25, 0.3) is 0 Å². The molecule has 1 N–H and O–H groups in total. The predicted octanol–water partition coefficient (Wildman–Crippen LogP) is 4.11. The van der Waals surface area contributed by atoms with Crippen molar-refractivity contribution in [1.29, 1.82) is 0 Å². The van der Waals surface area contributed by atoms with Gasteiger partial charge in [-0.2, -0.15) is 0 Å². The summed E-state index contributed by atoms with van der Waals surface area (Å²) in [6.07, 6.45) is 1.78. The molecule has 0 spiro atoms. The van der Waals surface area contributed by atoms with E-state index in [0.717, 1.165) is 16.9 Å². The summed E-state index contributed by atoms with van der Waals surface area (Å²) < 4.78 is 7.38. The molecule has 3 aromatic rings. The van der Waals surface area contributed by atoms with Crippen LogP contribution >= 0.6 is 11.8 Å². The molecule has 0 saturated carbocycles. The third-order valence-corrected chi connectivity index (χ3v) is 5.35. The van der Waals surface area contributed by atoms with Gasteiger partial charge in [-0.1, -0.05) is 60.3 Å². The molecule has 0 aliphatic rings. The fourth-order valence-corrected chi connectivity index (χ4v) is 3.71. The van der Waals surface area contributed by atoms with E-state index in [9.17, 15) is 4.79 Å². The Bertz CT molecular complexity index is 972. The number of thioether (sulfide) groups is 1. The van der Waals surface area contributed by atoms with Crippen molar-refractivity contribution >= 4 is 17.7 Å². The molecule has 0 radical (unpaired) electrons. The zero-order valence-electron chi connectivity index (χ0n) is 16.5. The van der Waals surface area contributed by atoms with E-state index in [1.165, 1.54) is 11.8 Å². The zero-order chi connectivity index (χ0) is 20.6. The largest absolute Gasteiger partial charge is 0.496 e. The Kier molecular flexibility index (Phi) is 7.08. The van der Waals surface area contributed by atoms with Crippen LogP contribution in [0.5, 0.6) is 5.75 Å². The van der Waals surface area contributed by atoms with E-state index < -0.39 is 0 Å². The monoisotopic (exact) mass is 408 g/mol. The number of allylic oxidation sites excluding steroid dienone is 1. The second kappa shape index (κ2) is 9.93. The summed E-state index contributed by atoms with van der Waals surface area (Å²) in [5, 5.41) is 12.3. The van der Waals surface area contributed by atoms with Crippen molar-refractivity contribution in [3.8, 4) is 17.1 Å². The van der Waals surface area contributed by atoms with Crippen molar-refractivity contribution in [2.24, 2.45) is 0 Å². The molecule has 0 unspecified atom stereocenters. The van der Waals surface area contributed by atoms with Gasteiger partial charge in [-0.05, 0) is 24.6 Å². The number of methoxy groups -OCH3 is 1. The van der Waals surface area contributed by atoms with Gasteiger partial charge in [-0.25, -0.2) is 0 Å². The summed E-state index contributed by atoms with van der Waals surface area (Å²) >= 11 is 1.35. The molecule has 3 rings (SSSR count). The van der Waals surface area contributed by atoms with Crippen LogP contribution in [0.4, 0.5) is 0 Å². The Morgan fingerprint density at radius 1 is 1.21 bits per heavy atom. The molecule has 0 saturated heterocycles. The van der Waals surface area contributed by atoms with Gasteiger partial charge in [0.15, 0.2) is 11.0 Å². The van der Waals surface area contributed by atoms with Crippen molar-refractivity contribution in [2.45, 2.75) is 24.7 Å². The van der Waals surface area contributed by atoms with Gasteiger partial charge in [-0.3, -0.25) is 9.36 Å². The van der Waals surface area contributed by atoms with E-state index in [1.54, 1.807) is 13.2 Å². The van der Waals surface area contributed by atoms with Gasteiger partial charge in [-0.15, -0.1) is 16.8 Å². The van der Waals surface area contributed by atoms with E-state index in [1.807, 2.05) is 66.1 Å². The Morgan fingerprint density at radius 3 is 2.66 bits per heavy atom. The minimum atomic E-state index is -0.0571. The second-order valence-electron chi connectivity index (χ2n) is 6.39. The zero-order valence-corrected chi connectivity index (χ0v) is 17.4. The fourth-order valence-electron chi connectivity index (χ4n) is 2.96. The first-order valence-electron chi connectivity index (χ1n) is 9.28. The summed E-state index contributed by atoms with van der Waals surface area (Å²) in [5.41, 5.74) is 1.91. The number of amides is 1. The molecule has 1 amide bonds. The van der Waals surface area contributed by atoms with Crippen molar-refractivity contribution in [2.75, 3.05) is 12.9 Å². The maximum Gasteiger partial charge on any atom is 0.230 e. The highest BCUT2D eigenvalue weighted by Gasteiger charge is 2.18. The predicted molar refractivity (Wildman–Crippen MR) is 116 cm³/mol. The standard InChI is InChI=1S/C22H24N4O2S/c1-4-14-26-21(18-12-8-9-13-19(18)28-3)24-25-22(26)29-15-20(27)23-16(2)17-10-6-5-7-11-17/h4-13,16H,1,14-15H2,2-3H3,(H,23,27)/t16-/m0/s1. The highest BCUT2D eigenvalue weighted by atomic mass is 32.2. The Labute approximate surface area is 175 Å². The van der Waals surface area contributed by atoms with Crippen LogP contribution in [0.2, 0.25) is 0 Å². The molecule has 0 aliphatic heterocycles. The number of para-hydroxylation sites is 1. The number of benzene rings is 2. The first-order chi connectivity index (χ1) is 14.1. The number of nitrogens with one attached hydrogen (secondary N) is 1. The minimum Gasteiger partial charge on any atom is -0.496 e. The number of carbonyl (C=O) groups excluding carboxylic acids is 1. The summed E-state index contributed by atoms with van der Waals surface area (Å²) in [4.78, 5) is 12.4. The van der Waals surface area contributed by atoms with Crippen molar-refractivity contribution < 1.29 is 9.53 Å². The van der Waals surface area contributed by atoms with Gasteiger partial charge in [0.05, 0.1) is 24.5 Å². The number of nitrogens with zero attached hydrogens (tertiary/aromatic N) is 3. The molecule has 0 fully saturated rings. The van der Waals surface area contributed by atoms with E-state index in [2.05, 4.69) is 22.1 Å². The number of hydrogen-bond donors (Lipinski definition) is 1. The van der Waals surface area contributed by atoms with E-state index >= 15 is 0 Å². The maximum atomic E-state index is 12.4. The Balaban J connectivity index is 1.72. The number of aromatic nitrogens is 3. The molecular weight excluding hydrogens is 384 g/mol. The molecule has 1 heterocycles. The minimum absolute atomic E-state index is 0.0560. The van der Waals surface area contributed by atoms with Crippen molar-refractivity contribution in [3.63, 3.8) is 0 Å². The van der Waals surface area contributed by atoms with Crippen molar-refractivity contribution in [1.82, 2.24) is 20.1 Å². The third-order valence-electron chi connectivity index (χ3n) is 4.39. The van der Waals surface area contributed by atoms with Crippen LogP contribution in [0.25, 0.3) is 11.4 Å². The molecule has 29 heavy (non-hydrogen) atoms. The molecular formula is C22H24N4O2S. The molecule has 0 aliphatic carbocycles. The normalized spacial score (nSPS) is 11.7. The summed E-state index contributed by atoms with van der Waals surface area (Å²) in [5.74, 6) is 1.59. The van der Waals surface area contributed by atoms with Crippen LogP contribution < -0.4 is 10.1 Å². The fraction of sp³-hybridized carbons (Fsp3) is 0.227. The average molecular weight is 409 g/mol. The summed E-state index contributed by atoms with van der Waals surface area (Å²) in [6, 6.07) is 17.5. The lowest BCUT2D eigenvalue weighted by molar-refractivity contribution is -0.119. The molecule has 2 aromatic carbocycles. The van der Waals surface area contributed by atoms with Crippen molar-refractivity contribution in [3.05, 3.63) is 72.8 Å². The molecule has 150 valence electrons. The van der Waals surface area contributed by atoms with Gasteiger partial charge in [0.2, 0.25) is 5.91 Å². The van der Waals surface area contributed by atoms with Gasteiger partial charge >= 0.3 is 0 Å². The summed E-state index contributed by atoms with van der Waals surface area (Å²) in [6.45, 7) is 6.33. The molecule has 1 atom stereocenters. The van der Waals surface area contributed by atoms with Crippen LogP contribution in [0.3, 0.4) is 0 Å². The SMILES string of the molecule is C=CCn1c(SCC(=O)N[C@@H](C)c2ccccc2)nnc1-c1ccccc1OC. The van der Waals surface area contributed by atoms with Crippen LogP contribution in [0.15, 0.2) is 72.4 Å². The topological polar surface area (TPSA) is 69.0 Å². The Morgan fingerprint density at radius 2 is 1.93 bits per heavy atom. The van der Waals surface area contributed by atoms with Crippen LogP contribution in [0.1, 0.15) is 18.5 Å². The third kappa shape index (κ3) is 5.06. The number of hydrogen-bond acceptors (Lipinski definition) is 5.